The molecule has 0 bridgehead atoms. The molecule has 4 heteroatoms. The minimum absolute atomic E-state index is 0.325. The van der Waals surface area contributed by atoms with Crippen LogP contribution in [0.5, 0.6) is 0 Å². The Morgan fingerprint density at radius 1 is 1.00 bits per heavy atom. The number of rotatable bonds is 10. The SMILES string of the molecule is Cc1ccc(C#CCCCCCCCCNc2ccc(C(=O)O)cc2)s1. The predicted octanol–water partition coefficient (Wildman–Crippen LogP) is 5.95. The molecule has 0 aliphatic carbocycles. The van der Waals surface area contributed by atoms with E-state index >= 15 is 0 Å². The summed E-state index contributed by atoms with van der Waals surface area (Å²) in [5.74, 6) is 5.62. The molecule has 0 fully saturated rings. The third-order valence-electron chi connectivity index (χ3n) is 4.14. The van der Waals surface area contributed by atoms with Crippen LogP contribution >= 0.6 is 11.3 Å². The summed E-state index contributed by atoms with van der Waals surface area (Å²) < 4.78 is 0. The molecule has 1 aromatic carbocycles. The maximum atomic E-state index is 10.8. The monoisotopic (exact) mass is 369 g/mol. The highest BCUT2D eigenvalue weighted by Gasteiger charge is 2.01. The molecule has 3 nitrogen and oxygen atoms in total. The highest BCUT2D eigenvalue weighted by atomic mass is 32.1. The second-order valence-electron chi connectivity index (χ2n) is 6.39. The number of nitrogens with one attached hydrogen (secondary N) is 1. The van der Waals surface area contributed by atoms with E-state index in [1.807, 2.05) is 12.1 Å². The zero-order valence-electron chi connectivity index (χ0n) is 15.4. The van der Waals surface area contributed by atoms with Crippen molar-refractivity contribution in [3.05, 3.63) is 51.7 Å². The molecule has 26 heavy (non-hydrogen) atoms. The molecule has 0 spiro atoms. The molecule has 0 aliphatic heterocycles. The molecule has 0 amide bonds. The maximum Gasteiger partial charge on any atom is 0.335 e. The minimum atomic E-state index is -0.885. The van der Waals surface area contributed by atoms with Gasteiger partial charge in [0, 0.05) is 23.5 Å². The van der Waals surface area contributed by atoms with Crippen LogP contribution in [0, 0.1) is 18.8 Å². The van der Waals surface area contributed by atoms with Gasteiger partial charge in [-0.15, -0.1) is 11.3 Å². The van der Waals surface area contributed by atoms with Gasteiger partial charge in [-0.05, 0) is 56.2 Å². The first-order valence-corrected chi connectivity index (χ1v) is 10.1. The van der Waals surface area contributed by atoms with Crippen LogP contribution < -0.4 is 5.32 Å². The van der Waals surface area contributed by atoms with E-state index in [9.17, 15) is 4.79 Å². The summed E-state index contributed by atoms with van der Waals surface area (Å²) in [6, 6.07) is 11.1. The van der Waals surface area contributed by atoms with Crippen LogP contribution in [-0.2, 0) is 0 Å². The summed E-state index contributed by atoms with van der Waals surface area (Å²) in [4.78, 5) is 13.3. The number of carbonyl (C=O) groups is 1. The van der Waals surface area contributed by atoms with E-state index in [0.717, 1.165) is 25.1 Å². The number of hydrogen-bond acceptors (Lipinski definition) is 3. The van der Waals surface area contributed by atoms with Gasteiger partial charge < -0.3 is 10.4 Å². The number of aryl methyl sites for hydroxylation is 1. The van der Waals surface area contributed by atoms with Crippen LogP contribution in [0.1, 0.15) is 65.1 Å². The van der Waals surface area contributed by atoms with Crippen LogP contribution in [0.3, 0.4) is 0 Å². The molecule has 0 saturated heterocycles. The summed E-state index contributed by atoms with van der Waals surface area (Å²) in [5, 5.41) is 12.2. The number of thiophene rings is 1. The smallest absolute Gasteiger partial charge is 0.335 e. The van der Waals surface area contributed by atoms with Crippen molar-refractivity contribution in [3.8, 4) is 11.8 Å². The van der Waals surface area contributed by atoms with Crippen LogP contribution in [0.4, 0.5) is 5.69 Å². The summed E-state index contributed by atoms with van der Waals surface area (Å²) in [7, 11) is 0. The average molecular weight is 370 g/mol. The Morgan fingerprint density at radius 3 is 2.35 bits per heavy atom. The Labute approximate surface area is 160 Å². The zero-order valence-corrected chi connectivity index (χ0v) is 16.2. The van der Waals surface area contributed by atoms with E-state index in [4.69, 9.17) is 5.11 Å². The van der Waals surface area contributed by atoms with Gasteiger partial charge in [0.2, 0.25) is 0 Å². The standard InChI is InChI=1S/C22H27NO2S/c1-18-11-16-21(26-18)10-8-6-4-2-3-5-7-9-17-23-20-14-12-19(13-15-20)22(24)25/h11-16,23H,2-7,9,17H2,1H3,(H,24,25). The van der Waals surface area contributed by atoms with Crippen LogP contribution in [0.15, 0.2) is 36.4 Å². The Bertz CT molecular complexity index is 737. The summed E-state index contributed by atoms with van der Waals surface area (Å²) in [5.41, 5.74) is 1.31. The van der Waals surface area contributed by atoms with Crippen molar-refractivity contribution >= 4 is 23.0 Å². The number of benzene rings is 1. The van der Waals surface area contributed by atoms with Crippen molar-refractivity contribution in [2.24, 2.45) is 0 Å². The number of aromatic carboxylic acids is 1. The Kier molecular flexibility index (Phi) is 8.78. The second-order valence-corrected chi connectivity index (χ2v) is 7.68. The topological polar surface area (TPSA) is 49.3 Å². The van der Waals surface area contributed by atoms with E-state index in [1.165, 1.54) is 41.9 Å². The Balaban J connectivity index is 1.44. The van der Waals surface area contributed by atoms with E-state index in [0.29, 0.717) is 5.56 Å². The number of unbranched alkanes of at least 4 members (excludes halogenated alkanes) is 6. The van der Waals surface area contributed by atoms with Gasteiger partial charge in [-0.1, -0.05) is 37.5 Å². The fourth-order valence-electron chi connectivity index (χ4n) is 2.66. The van der Waals surface area contributed by atoms with Crippen molar-refractivity contribution in [1.82, 2.24) is 0 Å². The largest absolute Gasteiger partial charge is 0.478 e. The quantitative estimate of drug-likeness (QED) is 0.402. The molecule has 1 heterocycles. The number of carboxylic acid groups (broad SMARTS) is 1. The lowest BCUT2D eigenvalue weighted by Crippen LogP contribution is -2.02. The Morgan fingerprint density at radius 2 is 1.69 bits per heavy atom. The van der Waals surface area contributed by atoms with Crippen LogP contribution in [-0.4, -0.2) is 17.6 Å². The predicted molar refractivity (Wildman–Crippen MR) is 110 cm³/mol. The van der Waals surface area contributed by atoms with Gasteiger partial charge in [-0.25, -0.2) is 4.79 Å². The van der Waals surface area contributed by atoms with Crippen molar-refractivity contribution in [3.63, 3.8) is 0 Å². The number of anilines is 1. The van der Waals surface area contributed by atoms with E-state index < -0.39 is 5.97 Å². The highest BCUT2D eigenvalue weighted by molar-refractivity contribution is 7.12. The highest BCUT2D eigenvalue weighted by Crippen LogP contribution is 2.14. The lowest BCUT2D eigenvalue weighted by molar-refractivity contribution is 0.0697. The van der Waals surface area contributed by atoms with Gasteiger partial charge in [0.25, 0.3) is 0 Å². The molecule has 2 N–H and O–H groups in total. The zero-order chi connectivity index (χ0) is 18.6. The lowest BCUT2D eigenvalue weighted by Gasteiger charge is -2.06. The molecule has 0 atom stereocenters. The number of carboxylic acids is 1. The first-order chi connectivity index (χ1) is 12.6. The summed E-state index contributed by atoms with van der Waals surface area (Å²) in [6.45, 7) is 3.04. The number of hydrogen-bond donors (Lipinski definition) is 2. The first-order valence-electron chi connectivity index (χ1n) is 9.28. The average Bonchev–Trinajstić information content (AvgIpc) is 3.05. The fourth-order valence-corrected chi connectivity index (χ4v) is 3.40. The summed E-state index contributed by atoms with van der Waals surface area (Å²) >= 11 is 1.76. The van der Waals surface area contributed by atoms with E-state index in [-0.39, 0.29) is 0 Å². The van der Waals surface area contributed by atoms with Gasteiger partial charge in [0.05, 0.1) is 10.4 Å². The van der Waals surface area contributed by atoms with E-state index in [1.54, 1.807) is 23.5 Å². The molecule has 0 saturated carbocycles. The molecule has 0 radical (unpaired) electrons. The van der Waals surface area contributed by atoms with Crippen molar-refractivity contribution in [2.75, 3.05) is 11.9 Å². The van der Waals surface area contributed by atoms with Gasteiger partial charge >= 0.3 is 5.97 Å². The van der Waals surface area contributed by atoms with Crippen molar-refractivity contribution < 1.29 is 9.90 Å². The molecule has 2 rings (SSSR count). The first kappa shape index (κ1) is 20.1. The second kappa shape index (κ2) is 11.4. The molecule has 2 aromatic rings. The third-order valence-corrected chi connectivity index (χ3v) is 5.06. The molecular formula is C22H27NO2S. The molecule has 1 aromatic heterocycles. The molecular weight excluding hydrogens is 342 g/mol. The fraction of sp³-hybridized carbons (Fsp3) is 0.409. The van der Waals surface area contributed by atoms with Crippen LogP contribution in [0.2, 0.25) is 0 Å². The van der Waals surface area contributed by atoms with Crippen LogP contribution in [0.25, 0.3) is 0 Å². The Hall–Kier alpha value is -2.25. The maximum absolute atomic E-state index is 10.8. The van der Waals surface area contributed by atoms with Crippen molar-refractivity contribution in [2.45, 2.75) is 51.9 Å². The molecule has 138 valence electrons. The minimum Gasteiger partial charge on any atom is -0.478 e. The van der Waals surface area contributed by atoms with E-state index in [2.05, 4.69) is 36.2 Å². The molecule has 0 aliphatic rings. The normalized spacial score (nSPS) is 10.2. The van der Waals surface area contributed by atoms with Gasteiger partial charge in [-0.3, -0.25) is 0 Å². The van der Waals surface area contributed by atoms with Gasteiger partial charge in [0.15, 0.2) is 0 Å². The lowest BCUT2D eigenvalue weighted by atomic mass is 10.1. The molecule has 0 unspecified atom stereocenters. The third kappa shape index (κ3) is 7.76. The summed E-state index contributed by atoms with van der Waals surface area (Å²) in [6.07, 6.45) is 8.32. The van der Waals surface area contributed by atoms with Crippen molar-refractivity contribution in [1.29, 1.82) is 0 Å². The van der Waals surface area contributed by atoms with Gasteiger partial charge in [-0.2, -0.15) is 0 Å². The van der Waals surface area contributed by atoms with Gasteiger partial charge in [0.1, 0.15) is 0 Å².